The van der Waals surface area contributed by atoms with E-state index in [0.717, 1.165) is 0 Å². The fourth-order valence-corrected chi connectivity index (χ4v) is 0.951. The van der Waals surface area contributed by atoms with Gasteiger partial charge in [-0.05, 0) is 54.0 Å². The van der Waals surface area contributed by atoms with Gasteiger partial charge in [0.05, 0.1) is 0 Å². The Labute approximate surface area is 105 Å². The van der Waals surface area contributed by atoms with Gasteiger partial charge in [0.2, 0.25) is 0 Å². The Morgan fingerprint density at radius 2 is 1.06 bits per heavy atom. The van der Waals surface area contributed by atoms with E-state index in [-0.39, 0.29) is 10.1 Å². The van der Waals surface area contributed by atoms with Crippen molar-refractivity contribution in [1.29, 1.82) is 0 Å². The molecule has 0 bridgehead atoms. The standard InChI is InChI=1S/C3Cl3FN3.AsF6/c4-1-8-2(5)10(7)3(6)9-1;2-1(3,4,5,6)7/q+1;-1. The van der Waals surface area contributed by atoms with E-state index in [0.29, 0.717) is 0 Å². The van der Waals surface area contributed by atoms with Crippen LogP contribution in [-0.2, 0) is 0 Å². The zero-order valence-electron chi connectivity index (χ0n) is 7.07. The van der Waals surface area contributed by atoms with E-state index in [9.17, 15) is 25.3 Å². The molecule has 0 saturated heterocycles. The van der Waals surface area contributed by atoms with Crippen LogP contribution in [0.3, 0.4) is 0 Å². The summed E-state index contributed by atoms with van der Waals surface area (Å²) >= 11 is 4.56. The summed E-state index contributed by atoms with van der Waals surface area (Å²) in [5.41, 5.74) is 0. The van der Waals surface area contributed by atoms with Crippen molar-refractivity contribution in [2.24, 2.45) is 0 Å². The summed E-state index contributed by atoms with van der Waals surface area (Å²) in [5, 5.41) is -1.10. The predicted octanol–water partition coefficient (Wildman–Crippen LogP) is 3.60. The molecule has 1 aromatic heterocycles. The van der Waals surface area contributed by atoms with Gasteiger partial charge >= 0.3 is 50.8 Å². The van der Waals surface area contributed by atoms with Gasteiger partial charge in [-0.2, -0.15) is 0 Å². The van der Waals surface area contributed by atoms with E-state index in [1.54, 1.807) is 0 Å². The van der Waals surface area contributed by atoms with Gasteiger partial charge in [-0.1, -0.05) is 0 Å². The molecule has 3 nitrogen and oxygen atoms in total. The predicted molar refractivity (Wildman–Crippen MR) is 46.2 cm³/mol. The van der Waals surface area contributed by atoms with Gasteiger partial charge in [-0.3, -0.25) is 0 Å². The van der Waals surface area contributed by atoms with Crippen molar-refractivity contribution in [2.75, 3.05) is 0 Å². The van der Waals surface area contributed by atoms with Gasteiger partial charge in [-0.25, -0.2) is 0 Å². The second-order valence-corrected chi connectivity index (χ2v) is 7.31. The maximum Gasteiger partial charge on any atom is 0.374 e. The Hall–Kier alpha value is -0.0516. The van der Waals surface area contributed by atoms with Crippen molar-refractivity contribution in [3.63, 3.8) is 0 Å². The summed E-state index contributed by atoms with van der Waals surface area (Å²) in [6, 6.07) is 0. The number of nitrogens with zero attached hydrogens (tertiary/aromatic N) is 3. The van der Waals surface area contributed by atoms with Gasteiger partial charge in [0.1, 0.15) is 0 Å². The second-order valence-electron chi connectivity index (χ2n) is 2.27. The fraction of sp³-hybridized carbons (Fsp3) is 0. The molecule has 102 valence electrons. The molecule has 0 aliphatic rings. The molecule has 14 heteroatoms. The molecule has 1 heterocycles. The summed E-state index contributed by atoms with van der Waals surface area (Å²) in [6.07, 6.45) is 0. The summed E-state index contributed by atoms with van der Waals surface area (Å²) < 4.78 is 71.8. The first-order valence-corrected chi connectivity index (χ1v) is 8.48. The topological polar surface area (TPSA) is 29.7 Å². The first kappa shape index (κ1) is 16.9. The molecule has 0 amide bonds. The molecule has 0 N–H and O–H groups in total. The molecule has 0 radical (unpaired) electrons. The molecule has 0 atom stereocenters. The Morgan fingerprint density at radius 3 is 1.29 bits per heavy atom. The summed E-state index contributed by atoms with van der Waals surface area (Å²) in [5.74, 6) is 0. The smallest absolute Gasteiger partial charge is 0.0386 e. The van der Waals surface area contributed by atoms with Gasteiger partial charge in [0.15, 0.2) is 0 Å². The van der Waals surface area contributed by atoms with Crippen LogP contribution in [0.5, 0.6) is 0 Å². The number of aromatic nitrogens is 3. The molecule has 0 fully saturated rings. The van der Waals surface area contributed by atoms with Crippen molar-refractivity contribution in [1.82, 2.24) is 9.97 Å². The average molecular weight is 392 g/mol. The number of rotatable bonds is 0. The normalized spacial score (nSPS) is 15.4. The molecule has 0 unspecified atom stereocenters. The number of hydrogen-bond donors (Lipinski definition) is 0. The van der Waals surface area contributed by atoms with Gasteiger partial charge in [0.25, 0.3) is 0 Å². The minimum atomic E-state index is -11.1. The fourth-order valence-electron chi connectivity index (χ4n) is 0.341. The van der Waals surface area contributed by atoms with Crippen LogP contribution in [0.4, 0.5) is 25.3 Å². The minimum absolute atomic E-state index is 0.0883. The van der Waals surface area contributed by atoms with Gasteiger partial charge in [-0.15, -0.1) is 0 Å². The molecule has 0 aromatic carbocycles. The Bertz CT molecular complexity index is 397. The summed E-state index contributed by atoms with van der Waals surface area (Å²) in [4.78, 5) is 6.43. The molecule has 0 aliphatic heterocycles. The third-order valence-corrected chi connectivity index (χ3v) is 1.33. The summed E-state index contributed by atoms with van der Waals surface area (Å²) in [7, 11) is 0. The molecule has 17 heavy (non-hydrogen) atoms. The van der Waals surface area contributed by atoms with Crippen LogP contribution in [0.25, 0.3) is 0 Å². The van der Waals surface area contributed by atoms with Crippen molar-refractivity contribution in [2.45, 2.75) is 0 Å². The van der Waals surface area contributed by atoms with Crippen molar-refractivity contribution < 1.29 is 30.1 Å². The van der Waals surface area contributed by atoms with Gasteiger partial charge in [0, 0.05) is 0 Å². The van der Waals surface area contributed by atoms with Crippen LogP contribution in [0, 0.1) is 0 Å². The Morgan fingerprint density at radius 1 is 0.824 bits per heavy atom. The third-order valence-electron chi connectivity index (χ3n) is 0.693. The molecular weight excluding hydrogens is 392 g/mol. The van der Waals surface area contributed by atoms with Crippen molar-refractivity contribution in [3.05, 3.63) is 15.9 Å². The molecule has 0 spiro atoms. The van der Waals surface area contributed by atoms with Crippen LogP contribution < -0.4 is 4.79 Å². The van der Waals surface area contributed by atoms with E-state index in [1.807, 2.05) is 0 Å². The zero-order chi connectivity index (χ0) is 14.1. The SMILES string of the molecule is F[As-](F)(F)(F)(F)F.F[n+]1c(Cl)nc(Cl)nc1Cl. The van der Waals surface area contributed by atoms with Crippen molar-refractivity contribution in [3.8, 4) is 0 Å². The van der Waals surface area contributed by atoms with Crippen LogP contribution in [0.1, 0.15) is 0 Å². The van der Waals surface area contributed by atoms with E-state index < -0.39 is 24.7 Å². The third kappa shape index (κ3) is 12.2. The van der Waals surface area contributed by atoms with Gasteiger partial charge < -0.3 is 0 Å². The maximum atomic E-state index is 12.4. The molecule has 1 rings (SSSR count). The maximum absolute atomic E-state index is 12.4. The van der Waals surface area contributed by atoms with Crippen molar-refractivity contribution >= 4 is 49.0 Å². The van der Waals surface area contributed by atoms with Crippen LogP contribution in [0.2, 0.25) is 15.9 Å². The molecule has 0 saturated carbocycles. The zero-order valence-corrected chi connectivity index (χ0v) is 11.2. The van der Waals surface area contributed by atoms with E-state index in [2.05, 4.69) is 9.97 Å². The quantitative estimate of drug-likeness (QED) is 0.499. The number of hydrogen-bond acceptors (Lipinski definition) is 2. The average Bonchev–Trinajstić information content (AvgIpc) is 1.93. The van der Waals surface area contributed by atoms with E-state index in [1.165, 1.54) is 0 Å². The largest absolute Gasteiger partial charge is 0.374 e. The minimum Gasteiger partial charge on any atom is -0.0386 e. The first-order chi connectivity index (χ1) is 7.06. The second kappa shape index (κ2) is 4.25. The summed E-state index contributed by atoms with van der Waals surface area (Å²) in [6.45, 7) is 0. The Kier molecular flexibility index (Phi) is 4.24. The van der Waals surface area contributed by atoms with Crippen LogP contribution in [-0.4, -0.2) is 24.1 Å². The number of halogens is 10. The first-order valence-electron chi connectivity index (χ1n) is 3.09. The molecule has 0 aliphatic carbocycles. The van der Waals surface area contributed by atoms with E-state index in [4.69, 9.17) is 34.8 Å². The van der Waals surface area contributed by atoms with Crippen LogP contribution >= 0.6 is 34.8 Å². The van der Waals surface area contributed by atoms with Crippen LogP contribution in [0.15, 0.2) is 0 Å². The Balaban J connectivity index is 0.000000325. The van der Waals surface area contributed by atoms with E-state index >= 15 is 0 Å². The monoisotopic (exact) mass is 391 g/mol. The molecular formula is C3AsCl3F7N3. The molecule has 1 aromatic rings.